The third-order valence-corrected chi connectivity index (χ3v) is 4.29. The molecular formula is C23H14O10. The van der Waals surface area contributed by atoms with Gasteiger partial charge < -0.3 is 24.8 Å². The fourth-order valence-corrected chi connectivity index (χ4v) is 2.71. The number of carboxylic acids is 3. The Kier molecular flexibility index (Phi) is 6.49. The number of ether oxygens (including phenoxy) is 2. The molecule has 0 saturated heterocycles. The maximum atomic E-state index is 12.4. The lowest BCUT2D eigenvalue weighted by Gasteiger charge is -2.10. The topological polar surface area (TPSA) is 164 Å². The predicted octanol–water partition coefficient (Wildman–Crippen LogP) is 3.22. The van der Waals surface area contributed by atoms with Gasteiger partial charge in [0.25, 0.3) is 0 Å². The van der Waals surface area contributed by atoms with Gasteiger partial charge in [0.1, 0.15) is 17.1 Å². The Hall–Kier alpha value is -4.99. The number of hydrogen-bond acceptors (Lipinski definition) is 7. The van der Waals surface area contributed by atoms with E-state index < -0.39 is 35.4 Å². The minimum atomic E-state index is -1.48. The number of rotatable bonds is 7. The summed E-state index contributed by atoms with van der Waals surface area (Å²) < 4.78 is 10.2. The lowest BCUT2D eigenvalue weighted by molar-refractivity contribution is 0.0665. The lowest BCUT2D eigenvalue weighted by atomic mass is 10.1. The summed E-state index contributed by atoms with van der Waals surface area (Å²) in [6.45, 7) is 0. The zero-order chi connectivity index (χ0) is 24.1. The summed E-state index contributed by atoms with van der Waals surface area (Å²) in [4.78, 5) is 58.4. The van der Waals surface area contributed by atoms with Crippen LogP contribution in [0.3, 0.4) is 0 Å². The molecule has 0 atom stereocenters. The predicted molar refractivity (Wildman–Crippen MR) is 110 cm³/mol. The van der Waals surface area contributed by atoms with Crippen molar-refractivity contribution in [3.8, 4) is 11.5 Å². The van der Waals surface area contributed by atoms with E-state index in [-0.39, 0.29) is 33.8 Å². The van der Waals surface area contributed by atoms with Crippen molar-refractivity contribution in [2.45, 2.75) is 0 Å². The minimum absolute atomic E-state index is 0.0689. The van der Waals surface area contributed by atoms with Crippen LogP contribution in [0.15, 0.2) is 66.7 Å². The average Bonchev–Trinajstić information content (AvgIpc) is 2.79. The van der Waals surface area contributed by atoms with E-state index >= 15 is 0 Å². The molecule has 3 N–H and O–H groups in total. The van der Waals surface area contributed by atoms with Gasteiger partial charge in [-0.25, -0.2) is 24.0 Å². The number of aromatic carboxylic acids is 3. The van der Waals surface area contributed by atoms with E-state index in [9.17, 15) is 29.1 Å². The van der Waals surface area contributed by atoms with Crippen molar-refractivity contribution >= 4 is 29.8 Å². The SMILES string of the molecule is O=C(O)c1cccc(C(=O)Oc2ccc(OC(=O)c3cccc(C(=O)O)c3)c(C(=O)O)c2)c1. The molecular weight excluding hydrogens is 436 g/mol. The molecule has 10 nitrogen and oxygen atoms in total. The highest BCUT2D eigenvalue weighted by molar-refractivity contribution is 5.98. The molecule has 166 valence electrons. The van der Waals surface area contributed by atoms with Crippen LogP contribution in [-0.4, -0.2) is 45.2 Å². The zero-order valence-electron chi connectivity index (χ0n) is 16.6. The summed E-state index contributed by atoms with van der Waals surface area (Å²) in [5, 5.41) is 27.5. The van der Waals surface area contributed by atoms with Gasteiger partial charge in [-0.05, 0) is 54.6 Å². The fraction of sp³-hybridized carbons (Fsp3) is 0. The van der Waals surface area contributed by atoms with E-state index in [1.54, 1.807) is 0 Å². The number of esters is 2. The molecule has 33 heavy (non-hydrogen) atoms. The Morgan fingerprint density at radius 3 is 1.52 bits per heavy atom. The number of hydrogen-bond donors (Lipinski definition) is 3. The Morgan fingerprint density at radius 1 is 0.545 bits per heavy atom. The summed E-state index contributed by atoms with van der Waals surface area (Å²) in [6, 6.07) is 13.3. The van der Waals surface area contributed by atoms with Gasteiger partial charge in [0.2, 0.25) is 0 Å². The summed E-state index contributed by atoms with van der Waals surface area (Å²) in [5.41, 5.74) is -0.968. The molecule has 0 aliphatic carbocycles. The van der Waals surface area contributed by atoms with Crippen molar-refractivity contribution < 1.29 is 48.8 Å². The average molecular weight is 450 g/mol. The van der Waals surface area contributed by atoms with Crippen LogP contribution in [0, 0.1) is 0 Å². The highest BCUT2D eigenvalue weighted by Crippen LogP contribution is 2.26. The van der Waals surface area contributed by atoms with E-state index in [0.717, 1.165) is 24.3 Å². The van der Waals surface area contributed by atoms with Gasteiger partial charge in [-0.3, -0.25) is 0 Å². The van der Waals surface area contributed by atoms with Gasteiger partial charge in [0.15, 0.2) is 0 Å². The molecule has 3 rings (SSSR count). The molecule has 3 aromatic carbocycles. The minimum Gasteiger partial charge on any atom is -0.478 e. The Morgan fingerprint density at radius 2 is 1.03 bits per heavy atom. The normalized spacial score (nSPS) is 10.2. The molecule has 0 amide bonds. The van der Waals surface area contributed by atoms with Gasteiger partial charge in [-0.2, -0.15) is 0 Å². The molecule has 3 aromatic rings. The van der Waals surface area contributed by atoms with Gasteiger partial charge in [0.05, 0.1) is 22.3 Å². The summed E-state index contributed by atoms with van der Waals surface area (Å²) >= 11 is 0. The third kappa shape index (κ3) is 5.39. The summed E-state index contributed by atoms with van der Waals surface area (Å²) in [7, 11) is 0. The largest absolute Gasteiger partial charge is 0.478 e. The third-order valence-electron chi connectivity index (χ3n) is 4.29. The van der Waals surface area contributed by atoms with Crippen LogP contribution in [0.4, 0.5) is 0 Å². The molecule has 10 heteroatoms. The van der Waals surface area contributed by atoms with Crippen molar-refractivity contribution in [1.82, 2.24) is 0 Å². The second-order valence-corrected chi connectivity index (χ2v) is 6.51. The van der Waals surface area contributed by atoms with Gasteiger partial charge in [-0.1, -0.05) is 12.1 Å². The standard InChI is InChI=1S/C23H14O10/c24-19(25)12-3-1-5-14(9-12)22(30)32-16-7-8-18(17(11-16)21(28)29)33-23(31)15-6-2-4-13(10-15)20(26)27/h1-11H,(H,24,25)(H,26,27)(H,28,29). The van der Waals surface area contributed by atoms with E-state index in [1.807, 2.05) is 0 Å². The van der Waals surface area contributed by atoms with E-state index in [0.29, 0.717) is 0 Å². The Balaban J connectivity index is 1.83. The number of benzene rings is 3. The van der Waals surface area contributed by atoms with Gasteiger partial charge in [0, 0.05) is 0 Å². The molecule has 0 aliphatic heterocycles. The molecule has 0 spiro atoms. The maximum absolute atomic E-state index is 12.4. The quantitative estimate of drug-likeness (QED) is 0.359. The molecule has 0 radical (unpaired) electrons. The van der Waals surface area contributed by atoms with Crippen molar-refractivity contribution in [2.75, 3.05) is 0 Å². The summed E-state index contributed by atoms with van der Waals surface area (Å²) in [6.07, 6.45) is 0. The van der Waals surface area contributed by atoms with Crippen molar-refractivity contribution in [1.29, 1.82) is 0 Å². The zero-order valence-corrected chi connectivity index (χ0v) is 16.6. The Bertz CT molecular complexity index is 1290. The maximum Gasteiger partial charge on any atom is 0.343 e. The number of carbonyl (C=O) groups excluding carboxylic acids is 2. The van der Waals surface area contributed by atoms with Crippen LogP contribution in [-0.2, 0) is 0 Å². The van der Waals surface area contributed by atoms with Crippen LogP contribution >= 0.6 is 0 Å². The Labute approximate surface area is 185 Å². The van der Waals surface area contributed by atoms with Gasteiger partial charge in [-0.15, -0.1) is 0 Å². The highest BCUT2D eigenvalue weighted by atomic mass is 16.5. The summed E-state index contributed by atoms with van der Waals surface area (Å²) in [5.74, 6) is -6.44. The monoisotopic (exact) mass is 450 g/mol. The molecule has 0 saturated carbocycles. The lowest BCUT2D eigenvalue weighted by Crippen LogP contribution is -2.13. The number of carboxylic acid groups (broad SMARTS) is 3. The van der Waals surface area contributed by atoms with E-state index in [2.05, 4.69) is 0 Å². The first-order valence-electron chi connectivity index (χ1n) is 9.14. The second-order valence-electron chi connectivity index (χ2n) is 6.51. The number of carbonyl (C=O) groups is 5. The van der Waals surface area contributed by atoms with Crippen molar-refractivity contribution in [2.24, 2.45) is 0 Å². The first kappa shape index (κ1) is 22.7. The van der Waals surface area contributed by atoms with Gasteiger partial charge >= 0.3 is 29.8 Å². The van der Waals surface area contributed by atoms with Crippen LogP contribution in [0.2, 0.25) is 0 Å². The molecule has 0 heterocycles. The highest BCUT2D eigenvalue weighted by Gasteiger charge is 2.19. The van der Waals surface area contributed by atoms with E-state index in [4.69, 9.17) is 19.7 Å². The fourth-order valence-electron chi connectivity index (χ4n) is 2.71. The van der Waals surface area contributed by atoms with Crippen molar-refractivity contribution in [3.05, 3.63) is 94.5 Å². The smallest absolute Gasteiger partial charge is 0.343 e. The second kappa shape index (κ2) is 9.43. The molecule has 0 unspecified atom stereocenters. The molecule has 0 fully saturated rings. The van der Waals surface area contributed by atoms with Crippen LogP contribution in [0.1, 0.15) is 51.8 Å². The molecule has 0 aliphatic rings. The van der Waals surface area contributed by atoms with Crippen molar-refractivity contribution in [3.63, 3.8) is 0 Å². The van der Waals surface area contributed by atoms with Crippen LogP contribution in [0.25, 0.3) is 0 Å². The van der Waals surface area contributed by atoms with E-state index in [1.165, 1.54) is 42.5 Å². The van der Waals surface area contributed by atoms with Crippen LogP contribution in [0.5, 0.6) is 11.5 Å². The first-order chi connectivity index (χ1) is 15.7. The first-order valence-corrected chi connectivity index (χ1v) is 9.14. The van der Waals surface area contributed by atoms with Crippen LogP contribution < -0.4 is 9.47 Å². The molecule has 0 bridgehead atoms. The molecule has 0 aromatic heterocycles.